The van der Waals surface area contributed by atoms with E-state index in [1.165, 1.54) is 30.9 Å². The molecule has 0 saturated carbocycles. The van der Waals surface area contributed by atoms with Gasteiger partial charge in [-0.2, -0.15) is 5.10 Å². The van der Waals surface area contributed by atoms with Crippen molar-refractivity contribution in [2.75, 3.05) is 18.5 Å². The number of fused-ring (bicyclic) bond motifs is 1. The van der Waals surface area contributed by atoms with E-state index < -0.39 is 11.5 Å². The Morgan fingerprint density at radius 1 is 1.28 bits per heavy atom. The average molecular weight is 345 g/mol. The van der Waals surface area contributed by atoms with Gasteiger partial charge in [-0.25, -0.2) is 4.79 Å². The number of nitrogens with one attached hydrogen (secondary N) is 1. The molecule has 0 spiro atoms. The van der Waals surface area contributed by atoms with Gasteiger partial charge in [0.2, 0.25) is 5.91 Å². The highest BCUT2D eigenvalue weighted by molar-refractivity contribution is 5.92. The van der Waals surface area contributed by atoms with E-state index in [-0.39, 0.29) is 12.3 Å². The lowest BCUT2D eigenvalue weighted by Gasteiger charge is -2.19. The maximum atomic E-state index is 12.2. The Morgan fingerprint density at radius 2 is 2.00 bits per heavy atom. The quantitative estimate of drug-likeness (QED) is 0.854. The largest absolute Gasteiger partial charge is 0.486 e. The molecular weight excluding hydrogens is 326 g/mol. The number of hydrogen-bond acceptors (Lipinski definition) is 5. The summed E-state index contributed by atoms with van der Waals surface area (Å²) in [5.41, 5.74) is 0.0376. The second-order valence-corrected chi connectivity index (χ2v) is 6.24. The van der Waals surface area contributed by atoms with Crippen LogP contribution >= 0.6 is 0 Å². The van der Waals surface area contributed by atoms with E-state index in [0.717, 1.165) is 5.56 Å². The zero-order valence-corrected chi connectivity index (χ0v) is 14.0. The number of amides is 1. The summed E-state index contributed by atoms with van der Waals surface area (Å²) in [4.78, 5) is 23.4. The first-order chi connectivity index (χ1) is 11.9. The molecule has 2 aromatic rings. The minimum Gasteiger partial charge on any atom is -0.486 e. The van der Waals surface area contributed by atoms with E-state index in [9.17, 15) is 14.7 Å². The van der Waals surface area contributed by atoms with Crippen LogP contribution in [0.3, 0.4) is 0 Å². The van der Waals surface area contributed by atoms with Crippen molar-refractivity contribution in [1.29, 1.82) is 0 Å². The Labute approximate surface area is 144 Å². The molecule has 1 amide bonds. The van der Waals surface area contributed by atoms with Crippen LogP contribution < -0.4 is 14.8 Å². The predicted molar refractivity (Wildman–Crippen MR) is 89.0 cm³/mol. The molecule has 0 atom stereocenters. The molecule has 8 heteroatoms. The van der Waals surface area contributed by atoms with Gasteiger partial charge in [0.15, 0.2) is 17.0 Å². The minimum atomic E-state index is -1.20. The molecule has 0 radical (unpaired) electrons. The molecule has 1 aliphatic heterocycles. The summed E-state index contributed by atoms with van der Waals surface area (Å²) >= 11 is 0. The first kappa shape index (κ1) is 16.8. The first-order valence-corrected chi connectivity index (χ1v) is 7.83. The van der Waals surface area contributed by atoms with E-state index in [1.807, 2.05) is 6.07 Å². The summed E-state index contributed by atoms with van der Waals surface area (Å²) < 4.78 is 12.3. The second kappa shape index (κ2) is 6.46. The number of carbonyl (C=O) groups is 2. The lowest BCUT2D eigenvalue weighted by molar-refractivity contribution is -0.146. The smallest absolute Gasteiger partial charge is 0.331 e. The number of carbonyl (C=O) groups excluding carboxylic acids is 1. The molecular formula is C17H19N3O5. The van der Waals surface area contributed by atoms with Crippen LogP contribution in [0.2, 0.25) is 0 Å². The standard InChI is InChI=1S/C17H19N3O5/c1-17(2,16(22)23)20-10-12(9-18-20)19-15(21)8-11-3-4-13-14(7-11)25-6-5-24-13/h3-4,7,9-10H,5-6,8H2,1-2H3,(H,19,21)(H,22,23). The van der Waals surface area contributed by atoms with Crippen molar-refractivity contribution in [3.05, 3.63) is 36.2 Å². The number of nitrogens with zero attached hydrogens (tertiary/aromatic N) is 2. The van der Waals surface area contributed by atoms with Gasteiger partial charge in [-0.1, -0.05) is 6.07 Å². The number of anilines is 1. The first-order valence-electron chi connectivity index (χ1n) is 7.83. The zero-order valence-electron chi connectivity index (χ0n) is 14.0. The number of carboxylic acid groups (broad SMARTS) is 1. The van der Waals surface area contributed by atoms with E-state index >= 15 is 0 Å². The van der Waals surface area contributed by atoms with Crippen LogP contribution in [-0.4, -0.2) is 40.0 Å². The fourth-order valence-corrected chi connectivity index (χ4v) is 2.38. The summed E-state index contributed by atoms with van der Waals surface area (Å²) in [6.45, 7) is 4.07. The fourth-order valence-electron chi connectivity index (χ4n) is 2.38. The topological polar surface area (TPSA) is 103 Å². The number of carboxylic acids is 1. The zero-order chi connectivity index (χ0) is 18.0. The third-order valence-corrected chi connectivity index (χ3v) is 3.93. The molecule has 0 unspecified atom stereocenters. The Morgan fingerprint density at radius 3 is 2.72 bits per heavy atom. The third-order valence-electron chi connectivity index (χ3n) is 3.93. The Bertz CT molecular complexity index is 812. The van der Waals surface area contributed by atoms with E-state index in [4.69, 9.17) is 9.47 Å². The van der Waals surface area contributed by atoms with Crippen LogP contribution in [0.5, 0.6) is 11.5 Å². The molecule has 25 heavy (non-hydrogen) atoms. The van der Waals surface area contributed by atoms with Crippen LogP contribution in [0.15, 0.2) is 30.6 Å². The Balaban J connectivity index is 1.65. The molecule has 1 aromatic heterocycles. The molecule has 8 nitrogen and oxygen atoms in total. The highest BCUT2D eigenvalue weighted by Crippen LogP contribution is 2.30. The number of ether oxygens (including phenoxy) is 2. The highest BCUT2D eigenvalue weighted by atomic mass is 16.6. The van der Waals surface area contributed by atoms with Crippen LogP contribution in [0, 0.1) is 0 Å². The van der Waals surface area contributed by atoms with Crippen LogP contribution in [0.25, 0.3) is 0 Å². The van der Waals surface area contributed by atoms with E-state index in [1.54, 1.807) is 12.1 Å². The van der Waals surface area contributed by atoms with E-state index in [0.29, 0.717) is 30.4 Å². The molecule has 0 aliphatic carbocycles. The molecule has 2 N–H and O–H groups in total. The van der Waals surface area contributed by atoms with Crippen molar-refractivity contribution in [2.24, 2.45) is 0 Å². The van der Waals surface area contributed by atoms with Gasteiger partial charge in [-0.15, -0.1) is 0 Å². The lowest BCUT2D eigenvalue weighted by atomic mass is 10.1. The van der Waals surface area contributed by atoms with Crippen LogP contribution in [0.1, 0.15) is 19.4 Å². The molecule has 3 rings (SSSR count). The van der Waals surface area contributed by atoms with Gasteiger partial charge in [0.1, 0.15) is 13.2 Å². The molecule has 0 saturated heterocycles. The van der Waals surface area contributed by atoms with Crippen molar-refractivity contribution in [3.63, 3.8) is 0 Å². The summed E-state index contributed by atoms with van der Waals surface area (Å²) in [6, 6.07) is 5.37. The predicted octanol–water partition coefficient (Wildman–Crippen LogP) is 1.66. The molecule has 0 fully saturated rings. The minimum absolute atomic E-state index is 0.157. The number of benzene rings is 1. The van der Waals surface area contributed by atoms with Crippen molar-refractivity contribution in [3.8, 4) is 11.5 Å². The highest BCUT2D eigenvalue weighted by Gasteiger charge is 2.30. The number of hydrogen-bond donors (Lipinski definition) is 2. The summed E-state index contributed by atoms with van der Waals surface area (Å²) in [5, 5.41) is 15.9. The SMILES string of the molecule is CC(C)(C(=O)O)n1cc(NC(=O)Cc2ccc3c(c2)OCCO3)cn1. The third kappa shape index (κ3) is 3.57. The van der Waals surface area contributed by atoms with Gasteiger partial charge in [0.25, 0.3) is 0 Å². The van der Waals surface area contributed by atoms with Gasteiger partial charge in [-0.3, -0.25) is 9.48 Å². The van der Waals surface area contributed by atoms with Gasteiger partial charge in [0, 0.05) is 6.20 Å². The van der Waals surface area contributed by atoms with Crippen molar-refractivity contribution >= 4 is 17.6 Å². The number of aliphatic carboxylic acids is 1. The van der Waals surface area contributed by atoms with Crippen LogP contribution in [-0.2, 0) is 21.5 Å². The maximum absolute atomic E-state index is 12.2. The average Bonchev–Trinajstić information content (AvgIpc) is 3.03. The normalized spacial score (nSPS) is 13.4. The maximum Gasteiger partial charge on any atom is 0.331 e. The van der Waals surface area contributed by atoms with Crippen LogP contribution in [0.4, 0.5) is 5.69 Å². The Hall–Kier alpha value is -3.03. The lowest BCUT2D eigenvalue weighted by Crippen LogP contribution is -2.35. The molecule has 1 aromatic carbocycles. The van der Waals surface area contributed by atoms with Crippen molar-refractivity contribution in [1.82, 2.24) is 9.78 Å². The van der Waals surface area contributed by atoms with Gasteiger partial charge in [0.05, 0.1) is 18.3 Å². The van der Waals surface area contributed by atoms with E-state index in [2.05, 4.69) is 10.4 Å². The molecule has 1 aliphatic rings. The second-order valence-electron chi connectivity index (χ2n) is 6.24. The molecule has 0 bridgehead atoms. The number of rotatable bonds is 5. The monoisotopic (exact) mass is 345 g/mol. The van der Waals surface area contributed by atoms with Crippen molar-refractivity contribution in [2.45, 2.75) is 25.8 Å². The number of aromatic nitrogens is 2. The summed E-state index contributed by atoms with van der Waals surface area (Å²) in [6.07, 6.45) is 3.08. The van der Waals surface area contributed by atoms with Crippen molar-refractivity contribution < 1.29 is 24.2 Å². The Kier molecular flexibility index (Phi) is 4.35. The molecule has 2 heterocycles. The fraction of sp³-hybridized carbons (Fsp3) is 0.353. The van der Waals surface area contributed by atoms with Gasteiger partial charge < -0.3 is 19.9 Å². The molecule has 132 valence electrons. The summed E-state index contributed by atoms with van der Waals surface area (Å²) in [7, 11) is 0. The van der Waals surface area contributed by atoms with Gasteiger partial charge in [-0.05, 0) is 31.5 Å². The summed E-state index contributed by atoms with van der Waals surface area (Å²) in [5.74, 6) is 0.0641. The van der Waals surface area contributed by atoms with Gasteiger partial charge >= 0.3 is 5.97 Å².